The van der Waals surface area contributed by atoms with Gasteiger partial charge in [-0.1, -0.05) is 20.3 Å². The van der Waals surface area contributed by atoms with Gasteiger partial charge in [-0.15, -0.1) is 0 Å². The zero-order valence-electron chi connectivity index (χ0n) is 16.0. The number of nitrogens with zero attached hydrogens (tertiary/aromatic N) is 1. The van der Waals surface area contributed by atoms with Crippen LogP contribution in [0.5, 0.6) is 0 Å². The molecule has 12 heteroatoms. The lowest BCUT2D eigenvalue weighted by Gasteiger charge is -2.25. The molecular weight excluding hydrogens is 421 g/mol. The number of amides is 1. The number of rotatable bonds is 7. The number of hydrogen-bond donors (Lipinski definition) is 2. The minimum absolute atomic E-state index is 0.211. The fraction of sp³-hybridized carbons (Fsp3) is 0.529. The number of hydrogen-bond acceptors (Lipinski definition) is 3. The number of carbonyl (C=O) groups is 1. The minimum atomic E-state index is -6.03. The molecule has 29 heavy (non-hydrogen) atoms. The van der Waals surface area contributed by atoms with Gasteiger partial charge in [-0.05, 0) is 36.5 Å². The molecule has 1 aromatic rings. The quantitative estimate of drug-likeness (QED) is 0.380. The molecule has 1 unspecified atom stereocenters. The predicted molar refractivity (Wildman–Crippen MR) is 97.6 cm³/mol. The summed E-state index contributed by atoms with van der Waals surface area (Å²) in [6.07, 6.45) is -4.11. The largest absolute Gasteiger partial charge is 0.458 e. The summed E-state index contributed by atoms with van der Waals surface area (Å²) in [6, 6.07) is 0.926. The Hall–Kier alpha value is -2.24. The third kappa shape index (κ3) is 5.43. The summed E-state index contributed by atoms with van der Waals surface area (Å²) >= 11 is 0. The average Bonchev–Trinajstić information content (AvgIpc) is 2.56. The van der Waals surface area contributed by atoms with E-state index in [1.165, 1.54) is 0 Å². The van der Waals surface area contributed by atoms with Gasteiger partial charge in [-0.2, -0.15) is 26.9 Å². The van der Waals surface area contributed by atoms with Crippen molar-refractivity contribution < 1.29 is 35.2 Å². The van der Waals surface area contributed by atoms with Crippen LogP contribution >= 0.6 is 0 Å². The minimum Gasteiger partial charge on any atom is -0.370 e. The first kappa shape index (κ1) is 24.8. The predicted octanol–water partition coefficient (Wildman–Crippen LogP) is 3.45. The topological polar surface area (TPSA) is 116 Å². The normalized spacial score (nSPS) is 13.8. The fourth-order valence-corrected chi connectivity index (χ4v) is 3.92. The van der Waals surface area contributed by atoms with E-state index in [0.29, 0.717) is 25.0 Å². The number of nitrogens with two attached hydrogens (primary N) is 2. The van der Waals surface area contributed by atoms with Gasteiger partial charge in [0.15, 0.2) is 15.8 Å². The van der Waals surface area contributed by atoms with E-state index < -0.39 is 55.7 Å². The number of alkyl halides is 5. The van der Waals surface area contributed by atoms with Crippen LogP contribution in [0.3, 0.4) is 0 Å². The Labute approximate surface area is 165 Å². The lowest BCUT2D eigenvalue weighted by molar-refractivity contribution is -0.289. The summed E-state index contributed by atoms with van der Waals surface area (Å²) in [5.41, 5.74) is 6.89. The Bertz CT molecular complexity index is 908. The van der Waals surface area contributed by atoms with E-state index in [-0.39, 0.29) is 12.0 Å². The molecule has 0 aliphatic heterocycles. The van der Waals surface area contributed by atoms with Crippen LogP contribution < -0.4 is 11.5 Å². The molecule has 0 aromatic heterocycles. The maximum absolute atomic E-state index is 14.2. The summed E-state index contributed by atoms with van der Waals surface area (Å²) in [5.74, 6) is -8.53. The molecule has 164 valence electrons. The molecule has 0 radical (unpaired) electrons. The van der Waals surface area contributed by atoms with Gasteiger partial charge in [0.05, 0.1) is 10.5 Å². The molecule has 0 fully saturated rings. The maximum Gasteiger partial charge on any atom is 0.458 e. The van der Waals surface area contributed by atoms with Crippen molar-refractivity contribution in [3.8, 4) is 0 Å². The van der Waals surface area contributed by atoms with E-state index in [1.54, 1.807) is 13.8 Å². The summed E-state index contributed by atoms with van der Waals surface area (Å²) in [4.78, 5) is 14.6. The molecule has 4 N–H and O–H groups in total. The van der Waals surface area contributed by atoms with Crippen LogP contribution in [0.1, 0.15) is 60.5 Å². The van der Waals surface area contributed by atoms with E-state index in [1.807, 2.05) is 0 Å². The number of benzene rings is 1. The highest BCUT2D eigenvalue weighted by molar-refractivity contribution is 7.90. The third-order valence-corrected chi connectivity index (χ3v) is 5.43. The molecule has 1 rings (SSSR count). The average molecular weight is 443 g/mol. The summed E-state index contributed by atoms with van der Waals surface area (Å²) in [6.45, 7) is 3.40. The third-order valence-electron chi connectivity index (χ3n) is 4.27. The van der Waals surface area contributed by atoms with E-state index >= 15 is 0 Å². The Morgan fingerprint density at radius 1 is 1.14 bits per heavy atom. The maximum atomic E-state index is 14.2. The molecule has 6 nitrogen and oxygen atoms in total. The molecule has 0 aliphatic rings. The number of carbonyl (C=O) groups excluding carboxylic acids is 1. The molecular formula is C17H22F5N3O3S. The van der Waals surface area contributed by atoms with Crippen molar-refractivity contribution in [3.05, 3.63) is 28.8 Å². The van der Waals surface area contributed by atoms with Gasteiger partial charge in [-0.25, -0.2) is 8.42 Å². The summed E-state index contributed by atoms with van der Waals surface area (Å²) in [7, 11) is -4.08. The fourth-order valence-electron chi connectivity index (χ4n) is 2.93. The van der Waals surface area contributed by atoms with Crippen LogP contribution in [0, 0.1) is 0 Å². The molecule has 0 saturated heterocycles. The molecule has 0 bridgehead atoms. The number of halogens is 5. The molecule has 0 spiro atoms. The van der Waals surface area contributed by atoms with Crippen molar-refractivity contribution in [2.24, 2.45) is 16.5 Å². The van der Waals surface area contributed by atoms with Crippen molar-refractivity contribution in [1.82, 2.24) is 0 Å². The van der Waals surface area contributed by atoms with Crippen LogP contribution in [0.25, 0.3) is 0 Å². The van der Waals surface area contributed by atoms with E-state index in [2.05, 4.69) is 4.99 Å². The monoisotopic (exact) mass is 443 g/mol. The SMILES string of the molecule is CCCC(CC)c1cc(C(F)(F)C(F)(F)F)c(C(=O)N=C(N)N)cc1S(C)(=O)=O. The molecule has 0 aliphatic carbocycles. The molecule has 1 amide bonds. The van der Waals surface area contributed by atoms with Crippen molar-refractivity contribution in [2.45, 2.75) is 56.0 Å². The second kappa shape index (κ2) is 8.64. The smallest absolute Gasteiger partial charge is 0.370 e. The Morgan fingerprint density at radius 3 is 2.07 bits per heavy atom. The van der Waals surface area contributed by atoms with Crippen LogP contribution in [0.15, 0.2) is 22.0 Å². The van der Waals surface area contributed by atoms with Crippen molar-refractivity contribution in [3.63, 3.8) is 0 Å². The summed E-state index contributed by atoms with van der Waals surface area (Å²) < 4.78 is 92.1. The highest BCUT2D eigenvalue weighted by Gasteiger charge is 2.60. The summed E-state index contributed by atoms with van der Waals surface area (Å²) in [5, 5.41) is 0. The van der Waals surface area contributed by atoms with E-state index in [4.69, 9.17) is 11.5 Å². The first-order valence-corrected chi connectivity index (χ1v) is 10.4. The Kier molecular flexibility index (Phi) is 7.39. The Morgan fingerprint density at radius 2 is 1.69 bits per heavy atom. The van der Waals surface area contributed by atoms with Crippen LogP contribution in [0.4, 0.5) is 22.0 Å². The lowest BCUT2D eigenvalue weighted by Crippen LogP contribution is -2.36. The van der Waals surface area contributed by atoms with Crippen molar-refractivity contribution in [2.75, 3.05) is 6.26 Å². The van der Waals surface area contributed by atoms with E-state index in [9.17, 15) is 35.2 Å². The first-order chi connectivity index (χ1) is 13.1. The van der Waals surface area contributed by atoms with Crippen molar-refractivity contribution in [1.29, 1.82) is 0 Å². The van der Waals surface area contributed by atoms with Gasteiger partial charge < -0.3 is 11.5 Å². The number of sulfone groups is 1. The highest BCUT2D eigenvalue weighted by Crippen LogP contribution is 2.47. The number of aliphatic imine (C=N–C) groups is 1. The van der Waals surface area contributed by atoms with Gasteiger partial charge >= 0.3 is 12.1 Å². The zero-order chi connectivity index (χ0) is 22.8. The van der Waals surface area contributed by atoms with Crippen LogP contribution in [-0.4, -0.2) is 32.7 Å². The molecule has 1 atom stereocenters. The molecule has 1 aromatic carbocycles. The van der Waals surface area contributed by atoms with Gasteiger partial charge in [0.1, 0.15) is 0 Å². The van der Waals surface area contributed by atoms with Crippen molar-refractivity contribution >= 4 is 21.7 Å². The van der Waals surface area contributed by atoms with Crippen LogP contribution in [0.2, 0.25) is 0 Å². The van der Waals surface area contributed by atoms with Gasteiger partial charge in [0, 0.05) is 11.8 Å². The highest BCUT2D eigenvalue weighted by atomic mass is 32.2. The zero-order valence-corrected chi connectivity index (χ0v) is 16.8. The second-order valence-electron chi connectivity index (χ2n) is 6.52. The Balaban J connectivity index is 4.07. The van der Waals surface area contributed by atoms with Gasteiger partial charge in [0.25, 0.3) is 5.91 Å². The standard InChI is InChI=1S/C17H22F5N3O3S/c1-4-6-9(5-2)10-7-12(16(18,19)17(20,21)22)11(14(26)25-15(23)24)8-13(10)29(3,27)28/h7-9H,4-6H2,1-3H3,(H4,23,24,25,26). The van der Waals surface area contributed by atoms with Crippen LogP contribution in [-0.2, 0) is 15.8 Å². The number of guanidine groups is 1. The van der Waals surface area contributed by atoms with Gasteiger partial charge in [-0.3, -0.25) is 4.79 Å². The second-order valence-corrected chi connectivity index (χ2v) is 8.50. The first-order valence-electron chi connectivity index (χ1n) is 8.54. The molecule has 0 saturated carbocycles. The molecule has 0 heterocycles. The van der Waals surface area contributed by atoms with E-state index in [0.717, 1.165) is 6.26 Å². The van der Waals surface area contributed by atoms with Gasteiger partial charge in [0.2, 0.25) is 0 Å². The lowest BCUT2D eigenvalue weighted by atomic mass is 9.88.